The van der Waals surface area contributed by atoms with Crippen LogP contribution in [-0.2, 0) is 23.9 Å². The molecule has 0 fully saturated rings. The Morgan fingerprint density at radius 2 is 1.21 bits per heavy atom. The van der Waals surface area contributed by atoms with Crippen LogP contribution in [0.4, 0.5) is 0 Å². The third-order valence-electron chi connectivity index (χ3n) is 6.33. The van der Waals surface area contributed by atoms with Crippen molar-refractivity contribution in [3.8, 4) is 0 Å². The summed E-state index contributed by atoms with van der Waals surface area (Å²) in [5.41, 5.74) is 0. The first kappa shape index (κ1) is 36.0. The van der Waals surface area contributed by atoms with Crippen molar-refractivity contribution in [1.82, 2.24) is 0 Å². The average Bonchev–Trinajstić information content (AvgIpc) is 2.91. The molecule has 2 atom stereocenters. The van der Waals surface area contributed by atoms with Crippen molar-refractivity contribution in [3.05, 3.63) is 24.3 Å². The monoisotopic (exact) mass is 538 g/mol. The summed E-state index contributed by atoms with van der Waals surface area (Å²) in [5.74, 6) is -2.73. The number of carbonyl (C=O) groups excluding carboxylic acids is 3. The summed E-state index contributed by atoms with van der Waals surface area (Å²) in [6, 6.07) is 0. The maximum atomic E-state index is 12.4. The molecule has 0 spiro atoms. The van der Waals surface area contributed by atoms with E-state index in [2.05, 4.69) is 42.9 Å². The van der Waals surface area contributed by atoms with Crippen LogP contribution in [0, 0.1) is 0 Å². The number of aliphatic hydroxyl groups excluding tert-OH is 2. The molecule has 2 unspecified atom stereocenters. The molecule has 0 heterocycles. The Kier molecular flexibility index (Phi) is 25.2. The van der Waals surface area contributed by atoms with Crippen LogP contribution in [0.15, 0.2) is 24.3 Å². The van der Waals surface area contributed by atoms with Crippen molar-refractivity contribution >= 4 is 17.9 Å². The zero-order valence-corrected chi connectivity index (χ0v) is 24.0. The lowest BCUT2D eigenvalue weighted by molar-refractivity contribution is -0.179. The summed E-state index contributed by atoms with van der Waals surface area (Å²) in [6.45, 7) is 3.53. The van der Waals surface area contributed by atoms with Crippen LogP contribution < -0.4 is 0 Å². The van der Waals surface area contributed by atoms with Crippen molar-refractivity contribution in [2.24, 2.45) is 0 Å². The van der Waals surface area contributed by atoms with E-state index in [1.807, 2.05) is 0 Å². The van der Waals surface area contributed by atoms with Crippen molar-refractivity contribution in [2.45, 2.75) is 148 Å². The molecule has 7 heteroatoms. The van der Waals surface area contributed by atoms with E-state index >= 15 is 0 Å². The third kappa shape index (κ3) is 22.0. The van der Waals surface area contributed by atoms with Crippen molar-refractivity contribution in [1.29, 1.82) is 0 Å². The fourth-order valence-electron chi connectivity index (χ4n) is 3.94. The normalized spacial score (nSPS) is 13.2. The van der Waals surface area contributed by atoms with Crippen LogP contribution in [0.2, 0.25) is 0 Å². The molecule has 0 saturated heterocycles. The standard InChI is InChI=1S/C31H54O7/c1-3-5-7-9-11-12-13-14-15-16-17-19-20-22-24-28(31(36)38-30(35)27(33)26-32)37-29(34)25-23-21-18-10-8-6-4-2/h11-12,14-15,27-28,32-33H,3-10,13,16-26H2,1-2H3/b12-11-,15-14-. The van der Waals surface area contributed by atoms with Crippen molar-refractivity contribution in [3.63, 3.8) is 0 Å². The van der Waals surface area contributed by atoms with Gasteiger partial charge in [-0.25, -0.2) is 9.59 Å². The summed E-state index contributed by atoms with van der Waals surface area (Å²) < 4.78 is 9.99. The van der Waals surface area contributed by atoms with Gasteiger partial charge in [-0.3, -0.25) is 4.79 Å². The number of rotatable bonds is 25. The first-order valence-corrected chi connectivity index (χ1v) is 15.0. The maximum Gasteiger partial charge on any atom is 0.355 e. The molecule has 0 aliphatic heterocycles. The SMILES string of the molecule is CCCCC/C=C\C/C=C\CCCCCCC(OC(=O)CCCCCCCCC)C(=O)OC(=O)C(O)CO. The van der Waals surface area contributed by atoms with E-state index in [-0.39, 0.29) is 12.8 Å². The van der Waals surface area contributed by atoms with Gasteiger partial charge in [-0.15, -0.1) is 0 Å². The Labute approximate surface area is 231 Å². The Hall–Kier alpha value is -1.99. The highest BCUT2D eigenvalue weighted by Gasteiger charge is 2.28. The summed E-state index contributed by atoms with van der Waals surface area (Å²) in [6.07, 6.45) is 24.2. The first-order valence-electron chi connectivity index (χ1n) is 15.0. The van der Waals surface area contributed by atoms with Gasteiger partial charge in [-0.1, -0.05) is 102 Å². The molecule has 0 aliphatic rings. The molecule has 2 N–H and O–H groups in total. The molecule has 0 aromatic carbocycles. The predicted molar refractivity (Wildman–Crippen MR) is 151 cm³/mol. The molecule has 220 valence electrons. The van der Waals surface area contributed by atoms with Gasteiger partial charge in [0, 0.05) is 6.42 Å². The number of ether oxygens (including phenoxy) is 2. The molecule has 0 saturated carbocycles. The molecule has 0 amide bonds. The van der Waals surface area contributed by atoms with E-state index in [9.17, 15) is 19.5 Å². The number of hydrogen-bond donors (Lipinski definition) is 2. The minimum Gasteiger partial charge on any atom is -0.450 e. The highest BCUT2D eigenvalue weighted by molar-refractivity contribution is 5.90. The molecule has 0 rings (SSSR count). The van der Waals surface area contributed by atoms with Crippen LogP contribution >= 0.6 is 0 Å². The molecule has 0 aromatic heterocycles. The fraction of sp³-hybridized carbons (Fsp3) is 0.774. The third-order valence-corrected chi connectivity index (χ3v) is 6.33. The highest BCUT2D eigenvalue weighted by atomic mass is 16.6. The van der Waals surface area contributed by atoms with Gasteiger partial charge in [-0.05, 0) is 51.4 Å². The number of carbonyl (C=O) groups is 3. The first-order chi connectivity index (χ1) is 18.5. The molecular formula is C31H54O7. The largest absolute Gasteiger partial charge is 0.450 e. The second-order valence-electron chi connectivity index (χ2n) is 9.95. The summed E-state index contributed by atoms with van der Waals surface area (Å²) in [7, 11) is 0. The lowest BCUT2D eigenvalue weighted by Crippen LogP contribution is -2.35. The molecular weight excluding hydrogens is 484 g/mol. The van der Waals surface area contributed by atoms with Gasteiger partial charge in [0.25, 0.3) is 0 Å². The Balaban J connectivity index is 4.34. The number of allylic oxidation sites excluding steroid dienone is 4. The van der Waals surface area contributed by atoms with Crippen LogP contribution in [-0.4, -0.2) is 46.9 Å². The Morgan fingerprint density at radius 1 is 0.684 bits per heavy atom. The van der Waals surface area contributed by atoms with Crippen LogP contribution in [0.25, 0.3) is 0 Å². The van der Waals surface area contributed by atoms with Gasteiger partial charge in [0.15, 0.2) is 12.2 Å². The van der Waals surface area contributed by atoms with E-state index in [1.165, 1.54) is 38.5 Å². The van der Waals surface area contributed by atoms with Crippen LogP contribution in [0.5, 0.6) is 0 Å². The number of aliphatic hydroxyl groups is 2. The lowest BCUT2D eigenvalue weighted by atomic mass is 10.1. The molecule has 38 heavy (non-hydrogen) atoms. The second kappa shape index (κ2) is 26.6. The maximum absolute atomic E-state index is 12.4. The summed E-state index contributed by atoms with van der Waals surface area (Å²) in [4.78, 5) is 36.4. The quantitative estimate of drug-likeness (QED) is 0.0564. The zero-order chi connectivity index (χ0) is 28.3. The highest BCUT2D eigenvalue weighted by Crippen LogP contribution is 2.15. The van der Waals surface area contributed by atoms with Crippen molar-refractivity contribution < 1.29 is 34.1 Å². The number of unbranched alkanes of at least 4 members (excludes halogenated alkanes) is 13. The second-order valence-corrected chi connectivity index (χ2v) is 9.95. The van der Waals surface area contributed by atoms with Gasteiger partial charge in [0.1, 0.15) is 0 Å². The van der Waals surface area contributed by atoms with Gasteiger partial charge in [0.2, 0.25) is 0 Å². The summed E-state index contributed by atoms with van der Waals surface area (Å²) >= 11 is 0. The summed E-state index contributed by atoms with van der Waals surface area (Å²) in [5, 5.41) is 18.3. The Morgan fingerprint density at radius 3 is 1.84 bits per heavy atom. The van der Waals surface area contributed by atoms with E-state index in [0.29, 0.717) is 12.8 Å². The van der Waals surface area contributed by atoms with Gasteiger partial charge >= 0.3 is 17.9 Å². The van der Waals surface area contributed by atoms with E-state index in [1.54, 1.807) is 0 Å². The minimum absolute atomic E-state index is 0.213. The molecule has 0 aromatic rings. The molecule has 0 bridgehead atoms. The molecule has 0 radical (unpaired) electrons. The van der Waals surface area contributed by atoms with Crippen LogP contribution in [0.1, 0.15) is 136 Å². The van der Waals surface area contributed by atoms with E-state index in [0.717, 1.165) is 57.8 Å². The number of hydrogen-bond acceptors (Lipinski definition) is 7. The molecule has 7 nitrogen and oxygen atoms in total. The van der Waals surface area contributed by atoms with Crippen LogP contribution in [0.3, 0.4) is 0 Å². The molecule has 0 aliphatic carbocycles. The van der Waals surface area contributed by atoms with E-state index < -0.39 is 36.7 Å². The fourth-order valence-corrected chi connectivity index (χ4v) is 3.94. The zero-order valence-electron chi connectivity index (χ0n) is 24.0. The van der Waals surface area contributed by atoms with Gasteiger partial charge < -0.3 is 19.7 Å². The van der Waals surface area contributed by atoms with Gasteiger partial charge in [-0.2, -0.15) is 0 Å². The average molecular weight is 539 g/mol. The topological polar surface area (TPSA) is 110 Å². The smallest absolute Gasteiger partial charge is 0.355 e. The van der Waals surface area contributed by atoms with E-state index in [4.69, 9.17) is 9.84 Å². The van der Waals surface area contributed by atoms with Crippen molar-refractivity contribution in [2.75, 3.05) is 6.61 Å². The predicted octanol–water partition coefficient (Wildman–Crippen LogP) is 6.89. The Bertz CT molecular complexity index is 657. The minimum atomic E-state index is -1.80. The lowest BCUT2D eigenvalue weighted by Gasteiger charge is -2.17. The number of esters is 3. The van der Waals surface area contributed by atoms with Gasteiger partial charge in [0.05, 0.1) is 6.61 Å².